The van der Waals surface area contributed by atoms with Crippen LogP contribution in [-0.4, -0.2) is 12.1 Å². The Morgan fingerprint density at radius 2 is 2.38 bits per heavy atom. The predicted molar refractivity (Wildman–Crippen MR) is 48.5 cm³/mol. The van der Waals surface area contributed by atoms with Crippen LogP contribution in [0.2, 0.25) is 0 Å². The molecule has 0 atom stereocenters. The molecule has 0 amide bonds. The molecule has 0 aliphatic carbocycles. The van der Waals surface area contributed by atoms with Crippen LogP contribution >= 0.6 is 0 Å². The van der Waals surface area contributed by atoms with E-state index in [9.17, 15) is 0 Å². The lowest BCUT2D eigenvalue weighted by Gasteiger charge is -1.96. The first-order valence-electron chi connectivity index (χ1n) is 3.97. The van der Waals surface area contributed by atoms with Gasteiger partial charge in [-0.2, -0.15) is 0 Å². The first-order chi connectivity index (χ1) is 6.35. The van der Waals surface area contributed by atoms with Crippen molar-refractivity contribution in [3.05, 3.63) is 24.1 Å². The molecular weight excluding hydrogens is 168 g/mol. The summed E-state index contributed by atoms with van der Waals surface area (Å²) in [4.78, 5) is 4.19. The molecule has 2 N–H and O–H groups in total. The normalized spacial score (nSPS) is 10.6. The van der Waals surface area contributed by atoms with Gasteiger partial charge >= 0.3 is 0 Å². The zero-order valence-corrected chi connectivity index (χ0v) is 7.28. The first-order valence-corrected chi connectivity index (χ1v) is 3.97. The Balaban J connectivity index is 2.67. The van der Waals surface area contributed by atoms with E-state index in [1.54, 1.807) is 7.11 Å². The van der Waals surface area contributed by atoms with Crippen molar-refractivity contribution in [3.63, 3.8) is 0 Å². The highest BCUT2D eigenvalue weighted by Gasteiger charge is 2.07. The fourth-order valence-corrected chi connectivity index (χ4v) is 1.22. The molecule has 0 bridgehead atoms. The van der Waals surface area contributed by atoms with E-state index in [4.69, 9.17) is 14.9 Å². The number of rotatable bonds is 2. The third-order valence-corrected chi connectivity index (χ3v) is 1.82. The van der Waals surface area contributed by atoms with Gasteiger partial charge in [-0.1, -0.05) is 6.07 Å². The van der Waals surface area contributed by atoms with Crippen molar-refractivity contribution in [2.45, 2.75) is 6.54 Å². The number of aromatic nitrogens is 1. The van der Waals surface area contributed by atoms with Crippen LogP contribution in [0.4, 0.5) is 0 Å². The summed E-state index contributed by atoms with van der Waals surface area (Å²) in [6.07, 6.45) is 0. The second-order valence-corrected chi connectivity index (χ2v) is 2.62. The molecule has 0 saturated carbocycles. The Bertz CT molecular complexity index is 422. The molecule has 68 valence electrons. The summed E-state index contributed by atoms with van der Waals surface area (Å²) >= 11 is 0. The lowest BCUT2D eigenvalue weighted by Crippen LogP contribution is -1.95. The minimum Gasteiger partial charge on any atom is -0.494 e. The Kier molecular flexibility index (Phi) is 1.90. The molecule has 1 aromatic heterocycles. The predicted octanol–water partition coefficient (Wildman–Crippen LogP) is 1.30. The quantitative estimate of drug-likeness (QED) is 0.752. The second kappa shape index (κ2) is 3.06. The summed E-state index contributed by atoms with van der Waals surface area (Å²) in [6.45, 7) is 0.303. The van der Waals surface area contributed by atoms with Crippen LogP contribution < -0.4 is 10.5 Å². The lowest BCUT2D eigenvalue weighted by atomic mass is 10.3. The van der Waals surface area contributed by atoms with Crippen molar-refractivity contribution in [2.24, 2.45) is 5.73 Å². The first kappa shape index (κ1) is 8.07. The second-order valence-electron chi connectivity index (χ2n) is 2.62. The number of hydrogen-bond acceptors (Lipinski definition) is 4. The number of hydrogen-bond donors (Lipinski definition) is 1. The van der Waals surface area contributed by atoms with E-state index < -0.39 is 0 Å². The van der Waals surface area contributed by atoms with Crippen LogP contribution in [0.25, 0.3) is 11.1 Å². The van der Waals surface area contributed by atoms with Gasteiger partial charge in [0.1, 0.15) is 5.75 Å². The molecule has 0 spiro atoms. The van der Waals surface area contributed by atoms with E-state index >= 15 is 0 Å². The van der Waals surface area contributed by atoms with E-state index in [0.29, 0.717) is 23.8 Å². The molecule has 0 fully saturated rings. The number of fused-ring (bicyclic) bond motifs is 1. The maximum absolute atomic E-state index is 5.41. The minimum atomic E-state index is 0.303. The van der Waals surface area contributed by atoms with Gasteiger partial charge in [-0.15, -0.1) is 0 Å². The maximum atomic E-state index is 5.41. The maximum Gasteiger partial charge on any atom is 0.209 e. The van der Waals surface area contributed by atoms with Crippen LogP contribution in [0, 0.1) is 0 Å². The van der Waals surface area contributed by atoms with Crippen LogP contribution in [0.5, 0.6) is 5.75 Å². The number of nitrogens with zero attached hydrogens (tertiary/aromatic N) is 1. The van der Waals surface area contributed by atoms with E-state index in [1.807, 2.05) is 18.2 Å². The molecule has 0 unspecified atom stereocenters. The van der Waals surface area contributed by atoms with Crippen molar-refractivity contribution >= 4 is 11.1 Å². The van der Waals surface area contributed by atoms with Crippen LogP contribution in [0.15, 0.2) is 22.6 Å². The van der Waals surface area contributed by atoms with Crippen LogP contribution in [0.1, 0.15) is 5.89 Å². The molecule has 2 rings (SSSR count). The Labute approximate surface area is 75.3 Å². The van der Waals surface area contributed by atoms with Crippen LogP contribution in [0.3, 0.4) is 0 Å². The Morgan fingerprint density at radius 3 is 3.08 bits per heavy atom. The van der Waals surface area contributed by atoms with Gasteiger partial charge < -0.3 is 14.9 Å². The number of benzene rings is 1. The van der Waals surface area contributed by atoms with E-state index in [1.165, 1.54) is 0 Å². The average Bonchev–Trinajstić information content (AvgIpc) is 2.59. The summed E-state index contributed by atoms with van der Waals surface area (Å²) in [7, 11) is 1.60. The molecule has 0 radical (unpaired) electrons. The number of ether oxygens (including phenoxy) is 1. The number of nitrogens with two attached hydrogens (primary N) is 1. The van der Waals surface area contributed by atoms with Gasteiger partial charge in [0.05, 0.1) is 13.7 Å². The lowest BCUT2D eigenvalue weighted by molar-refractivity contribution is 0.419. The zero-order chi connectivity index (χ0) is 9.26. The molecule has 4 nitrogen and oxygen atoms in total. The summed E-state index contributed by atoms with van der Waals surface area (Å²) < 4.78 is 10.5. The van der Waals surface area contributed by atoms with Gasteiger partial charge in [0.25, 0.3) is 0 Å². The van der Waals surface area contributed by atoms with Crippen molar-refractivity contribution < 1.29 is 9.15 Å². The Morgan fingerprint density at radius 1 is 1.54 bits per heavy atom. The molecular formula is C9H10N2O2. The average molecular weight is 178 g/mol. The monoisotopic (exact) mass is 178 g/mol. The Hall–Kier alpha value is -1.55. The van der Waals surface area contributed by atoms with Crippen molar-refractivity contribution in [2.75, 3.05) is 7.11 Å². The van der Waals surface area contributed by atoms with Gasteiger partial charge in [0.15, 0.2) is 11.1 Å². The third kappa shape index (κ3) is 1.25. The largest absolute Gasteiger partial charge is 0.494 e. The van der Waals surface area contributed by atoms with Gasteiger partial charge in [0, 0.05) is 0 Å². The van der Waals surface area contributed by atoms with E-state index in [2.05, 4.69) is 4.98 Å². The molecule has 0 aliphatic rings. The van der Waals surface area contributed by atoms with Crippen molar-refractivity contribution in [1.29, 1.82) is 0 Å². The molecule has 13 heavy (non-hydrogen) atoms. The number of oxazole rings is 1. The minimum absolute atomic E-state index is 0.303. The summed E-state index contributed by atoms with van der Waals surface area (Å²) in [6, 6.07) is 5.53. The molecule has 2 aromatic rings. The summed E-state index contributed by atoms with van der Waals surface area (Å²) in [5, 5.41) is 0. The number of para-hydroxylation sites is 1. The van der Waals surface area contributed by atoms with Gasteiger partial charge in [0.2, 0.25) is 5.89 Å². The molecule has 1 aromatic carbocycles. The highest BCUT2D eigenvalue weighted by atomic mass is 16.5. The summed E-state index contributed by atoms with van der Waals surface area (Å²) in [5.74, 6) is 1.24. The van der Waals surface area contributed by atoms with E-state index in [0.717, 1.165) is 5.52 Å². The van der Waals surface area contributed by atoms with Crippen molar-refractivity contribution in [3.8, 4) is 5.75 Å². The standard InChI is InChI=1S/C9H10N2O2/c1-12-6-3-2-4-7-9(6)11-8(5-10)13-7/h2-4H,5,10H2,1H3. The number of methoxy groups -OCH3 is 1. The van der Waals surface area contributed by atoms with Gasteiger partial charge in [-0.05, 0) is 12.1 Å². The van der Waals surface area contributed by atoms with Crippen LogP contribution in [-0.2, 0) is 6.54 Å². The fourth-order valence-electron chi connectivity index (χ4n) is 1.22. The molecule has 0 saturated heterocycles. The highest BCUT2D eigenvalue weighted by Crippen LogP contribution is 2.24. The van der Waals surface area contributed by atoms with Gasteiger partial charge in [-0.3, -0.25) is 0 Å². The zero-order valence-electron chi connectivity index (χ0n) is 7.28. The SMILES string of the molecule is COc1cccc2oc(CN)nc12. The van der Waals surface area contributed by atoms with Crippen molar-refractivity contribution in [1.82, 2.24) is 4.98 Å². The molecule has 4 heteroatoms. The topological polar surface area (TPSA) is 61.3 Å². The summed E-state index contributed by atoms with van der Waals surface area (Å²) in [5.41, 5.74) is 6.84. The van der Waals surface area contributed by atoms with E-state index in [-0.39, 0.29) is 0 Å². The van der Waals surface area contributed by atoms with Gasteiger partial charge in [-0.25, -0.2) is 4.98 Å². The fraction of sp³-hybridized carbons (Fsp3) is 0.222. The molecule has 0 aliphatic heterocycles. The third-order valence-electron chi connectivity index (χ3n) is 1.82. The highest BCUT2D eigenvalue weighted by molar-refractivity contribution is 5.79. The molecule has 1 heterocycles. The smallest absolute Gasteiger partial charge is 0.209 e.